The first-order chi connectivity index (χ1) is 5.64. The molecule has 0 amide bonds. The molecule has 0 aliphatic carbocycles. The molecule has 3 unspecified atom stereocenters. The Hall–Kier alpha value is 0.375. The molecule has 1 aliphatic rings. The van der Waals surface area contributed by atoms with Gasteiger partial charge in [-0.05, 0) is 25.0 Å². The standard InChI is InChI=1S/C9H17BOS/c1-4-9(6-12-3)7(2)5-8(10)11-9/h7-8H,4-6H2,1-3H3. The molecule has 0 aromatic rings. The maximum absolute atomic E-state index is 5.81. The van der Waals surface area contributed by atoms with Crippen molar-refractivity contribution in [3.8, 4) is 0 Å². The average molecular weight is 184 g/mol. The molecule has 2 radical (unpaired) electrons. The van der Waals surface area contributed by atoms with E-state index in [1.165, 1.54) is 0 Å². The van der Waals surface area contributed by atoms with E-state index in [1.807, 2.05) is 11.8 Å². The number of thioether (sulfide) groups is 1. The lowest BCUT2D eigenvalue weighted by Gasteiger charge is -2.31. The Morgan fingerprint density at radius 3 is 2.67 bits per heavy atom. The van der Waals surface area contributed by atoms with E-state index < -0.39 is 0 Å². The number of ether oxygens (including phenoxy) is 1. The van der Waals surface area contributed by atoms with Gasteiger partial charge >= 0.3 is 0 Å². The van der Waals surface area contributed by atoms with Crippen LogP contribution >= 0.6 is 11.8 Å². The van der Waals surface area contributed by atoms with Gasteiger partial charge in [-0.3, -0.25) is 0 Å². The van der Waals surface area contributed by atoms with E-state index in [0.717, 1.165) is 18.6 Å². The van der Waals surface area contributed by atoms with Crippen LogP contribution in [0.1, 0.15) is 26.7 Å². The summed E-state index contributed by atoms with van der Waals surface area (Å²) in [5.41, 5.74) is 0.0544. The van der Waals surface area contributed by atoms with Crippen molar-refractivity contribution in [2.75, 3.05) is 12.0 Å². The van der Waals surface area contributed by atoms with Crippen molar-refractivity contribution >= 4 is 19.6 Å². The average Bonchev–Trinajstić information content (AvgIpc) is 2.28. The summed E-state index contributed by atoms with van der Waals surface area (Å²) in [7, 11) is 5.78. The molecule has 12 heavy (non-hydrogen) atoms. The van der Waals surface area contributed by atoms with E-state index in [4.69, 9.17) is 12.6 Å². The number of hydrogen-bond acceptors (Lipinski definition) is 2. The van der Waals surface area contributed by atoms with Crippen molar-refractivity contribution in [2.24, 2.45) is 5.92 Å². The Morgan fingerprint density at radius 2 is 2.33 bits per heavy atom. The van der Waals surface area contributed by atoms with E-state index in [9.17, 15) is 0 Å². The van der Waals surface area contributed by atoms with Crippen molar-refractivity contribution in [3.05, 3.63) is 0 Å². The van der Waals surface area contributed by atoms with Gasteiger partial charge in [0.05, 0.1) is 5.60 Å². The largest absolute Gasteiger partial charge is 0.380 e. The number of hydrogen-bond donors (Lipinski definition) is 0. The lowest BCUT2D eigenvalue weighted by atomic mass is 9.85. The summed E-state index contributed by atoms with van der Waals surface area (Å²) < 4.78 is 5.81. The second-order valence-electron chi connectivity index (χ2n) is 3.64. The number of rotatable bonds is 3. The summed E-state index contributed by atoms with van der Waals surface area (Å²) in [6.45, 7) is 4.43. The van der Waals surface area contributed by atoms with Gasteiger partial charge in [-0.25, -0.2) is 0 Å². The fraction of sp³-hybridized carbons (Fsp3) is 1.00. The SMILES string of the molecule is [B]C1CC(C)C(CC)(CSC)O1. The van der Waals surface area contributed by atoms with Gasteiger partial charge in [-0.2, -0.15) is 11.8 Å². The van der Waals surface area contributed by atoms with Crippen LogP contribution in [-0.4, -0.2) is 31.5 Å². The maximum atomic E-state index is 5.81. The zero-order chi connectivity index (χ0) is 9.19. The van der Waals surface area contributed by atoms with Crippen LogP contribution in [-0.2, 0) is 4.74 Å². The highest BCUT2D eigenvalue weighted by Gasteiger charge is 2.42. The molecule has 3 heteroatoms. The van der Waals surface area contributed by atoms with Crippen LogP contribution < -0.4 is 0 Å². The molecule has 0 aromatic heterocycles. The van der Waals surface area contributed by atoms with Gasteiger partial charge in [-0.1, -0.05) is 13.8 Å². The molecule has 0 N–H and O–H groups in total. The van der Waals surface area contributed by atoms with Crippen molar-refractivity contribution < 1.29 is 4.74 Å². The molecular formula is C9H17BOS. The molecule has 1 heterocycles. The fourth-order valence-corrected chi connectivity index (χ4v) is 3.03. The summed E-state index contributed by atoms with van der Waals surface area (Å²) in [5.74, 6) is 1.67. The van der Waals surface area contributed by atoms with Gasteiger partial charge in [0.1, 0.15) is 7.85 Å². The molecule has 68 valence electrons. The van der Waals surface area contributed by atoms with Crippen molar-refractivity contribution in [3.63, 3.8) is 0 Å². The Bertz CT molecular complexity index is 153. The van der Waals surface area contributed by atoms with E-state index in [-0.39, 0.29) is 11.6 Å². The quantitative estimate of drug-likeness (QED) is 0.621. The van der Waals surface area contributed by atoms with Gasteiger partial charge < -0.3 is 4.74 Å². The minimum Gasteiger partial charge on any atom is -0.380 e. The van der Waals surface area contributed by atoms with Crippen LogP contribution in [0.4, 0.5) is 0 Å². The highest BCUT2D eigenvalue weighted by atomic mass is 32.2. The predicted molar refractivity (Wildman–Crippen MR) is 55.8 cm³/mol. The van der Waals surface area contributed by atoms with Crippen LogP contribution in [0.5, 0.6) is 0 Å². The molecule has 0 saturated carbocycles. The Morgan fingerprint density at radius 1 is 1.67 bits per heavy atom. The summed E-state index contributed by atoms with van der Waals surface area (Å²) in [6, 6.07) is -0.0351. The van der Waals surface area contributed by atoms with Crippen LogP contribution in [0.25, 0.3) is 0 Å². The first-order valence-electron chi connectivity index (χ1n) is 4.57. The van der Waals surface area contributed by atoms with E-state index in [1.54, 1.807) is 0 Å². The zero-order valence-electron chi connectivity index (χ0n) is 8.17. The molecule has 3 atom stereocenters. The van der Waals surface area contributed by atoms with Crippen LogP contribution in [0.3, 0.4) is 0 Å². The monoisotopic (exact) mass is 184 g/mol. The Labute approximate surface area is 81.0 Å². The maximum Gasteiger partial charge on any atom is 0.109 e. The molecule has 0 spiro atoms. The molecule has 1 rings (SSSR count). The van der Waals surface area contributed by atoms with Crippen LogP contribution in [0.2, 0.25) is 0 Å². The second-order valence-corrected chi connectivity index (χ2v) is 4.51. The van der Waals surface area contributed by atoms with Crippen molar-refractivity contribution in [1.82, 2.24) is 0 Å². The minimum absolute atomic E-state index is 0.0351. The molecule has 1 aliphatic heterocycles. The normalized spacial score (nSPS) is 41.9. The van der Waals surface area contributed by atoms with Gasteiger partial charge in [0.25, 0.3) is 0 Å². The zero-order valence-corrected chi connectivity index (χ0v) is 8.99. The third-order valence-electron chi connectivity index (χ3n) is 2.86. The third kappa shape index (κ3) is 1.82. The molecular weight excluding hydrogens is 167 g/mol. The highest BCUT2D eigenvalue weighted by Crippen LogP contribution is 2.39. The third-order valence-corrected chi connectivity index (χ3v) is 3.63. The lowest BCUT2D eigenvalue weighted by molar-refractivity contribution is -0.0143. The Balaban J connectivity index is 2.65. The van der Waals surface area contributed by atoms with Gasteiger partial charge in [0.15, 0.2) is 0 Å². The molecule has 0 aromatic carbocycles. The Kier molecular flexibility index (Phi) is 3.53. The van der Waals surface area contributed by atoms with Gasteiger partial charge in [-0.15, -0.1) is 0 Å². The lowest BCUT2D eigenvalue weighted by Crippen LogP contribution is -2.36. The second kappa shape index (κ2) is 4.06. The topological polar surface area (TPSA) is 9.23 Å². The minimum atomic E-state index is -0.0351. The predicted octanol–water partition coefficient (Wildman–Crippen LogP) is 2.05. The van der Waals surface area contributed by atoms with Crippen LogP contribution in [0.15, 0.2) is 0 Å². The fourth-order valence-electron chi connectivity index (χ4n) is 1.98. The first kappa shape index (κ1) is 10.5. The van der Waals surface area contributed by atoms with Crippen molar-refractivity contribution in [1.29, 1.82) is 0 Å². The molecule has 0 bridgehead atoms. The van der Waals surface area contributed by atoms with Gasteiger partial charge in [0, 0.05) is 11.8 Å². The summed E-state index contributed by atoms with van der Waals surface area (Å²) in [6.07, 6.45) is 4.20. The summed E-state index contributed by atoms with van der Waals surface area (Å²) in [4.78, 5) is 0. The molecule has 1 saturated heterocycles. The summed E-state index contributed by atoms with van der Waals surface area (Å²) >= 11 is 1.85. The highest BCUT2D eigenvalue weighted by molar-refractivity contribution is 7.98. The van der Waals surface area contributed by atoms with E-state index in [0.29, 0.717) is 5.92 Å². The smallest absolute Gasteiger partial charge is 0.109 e. The van der Waals surface area contributed by atoms with E-state index >= 15 is 0 Å². The van der Waals surface area contributed by atoms with E-state index in [2.05, 4.69) is 20.1 Å². The van der Waals surface area contributed by atoms with Crippen LogP contribution in [0, 0.1) is 5.92 Å². The summed E-state index contributed by atoms with van der Waals surface area (Å²) in [5, 5.41) is 0. The van der Waals surface area contributed by atoms with Crippen molar-refractivity contribution in [2.45, 2.75) is 38.3 Å². The molecule has 1 nitrogen and oxygen atoms in total. The molecule has 1 fully saturated rings. The first-order valence-corrected chi connectivity index (χ1v) is 5.96. The van der Waals surface area contributed by atoms with Gasteiger partial charge in [0.2, 0.25) is 0 Å².